The predicted octanol–water partition coefficient (Wildman–Crippen LogP) is 6.88. The highest BCUT2D eigenvalue weighted by Crippen LogP contribution is 2.23. The van der Waals surface area contributed by atoms with Gasteiger partial charge in [0.05, 0.1) is 17.1 Å². The minimum Gasteiger partial charge on any atom is -0.483 e. The molecule has 190 valence electrons. The number of nitrogens with one attached hydrogen (secondary N) is 1. The van der Waals surface area contributed by atoms with Gasteiger partial charge in [-0.25, -0.2) is 4.98 Å². The summed E-state index contributed by atoms with van der Waals surface area (Å²) >= 11 is 15.5. The van der Waals surface area contributed by atoms with Crippen molar-refractivity contribution in [2.75, 3.05) is 11.9 Å². The first-order valence-electron chi connectivity index (χ1n) is 11.5. The number of hydrogen-bond donors (Lipinski definition) is 1. The average molecular weight is 602 g/mol. The Morgan fingerprint density at radius 3 is 2.59 bits per heavy atom. The fourth-order valence-electron chi connectivity index (χ4n) is 3.52. The summed E-state index contributed by atoms with van der Waals surface area (Å²) in [4.78, 5) is 30.5. The minimum absolute atomic E-state index is 0.00968. The van der Waals surface area contributed by atoms with Crippen molar-refractivity contribution in [3.05, 3.63) is 96.9 Å². The molecule has 4 aromatic rings. The molecule has 10 heteroatoms. The monoisotopic (exact) mass is 600 g/mol. The summed E-state index contributed by atoms with van der Waals surface area (Å²) in [5.41, 5.74) is 1.42. The van der Waals surface area contributed by atoms with E-state index in [4.69, 9.17) is 32.9 Å². The van der Waals surface area contributed by atoms with Crippen LogP contribution in [-0.2, 0) is 4.79 Å². The number of benzene rings is 3. The van der Waals surface area contributed by atoms with E-state index in [0.29, 0.717) is 43.8 Å². The molecular weight excluding hydrogens is 579 g/mol. The zero-order chi connectivity index (χ0) is 26.5. The van der Waals surface area contributed by atoms with Crippen molar-refractivity contribution < 1.29 is 9.53 Å². The Balaban J connectivity index is 1.63. The Bertz CT molecular complexity index is 1540. The second kappa shape index (κ2) is 11.9. The molecule has 0 saturated heterocycles. The SMILES string of the molecule is CC[C@@H](C)c1nc2ccc(Br)cc2c(=O)n1N=Cc1cc(Cl)ccc1OCC(=O)Nc1ccc(Cl)cc1. The third-order valence-corrected chi connectivity index (χ3v) is 6.64. The molecular formula is C27H23BrCl2N4O3. The summed E-state index contributed by atoms with van der Waals surface area (Å²) in [7, 11) is 0. The zero-order valence-corrected chi connectivity index (χ0v) is 23.1. The smallest absolute Gasteiger partial charge is 0.282 e. The third kappa shape index (κ3) is 6.57. The molecule has 0 aliphatic heterocycles. The van der Waals surface area contributed by atoms with Crippen molar-refractivity contribution in [2.45, 2.75) is 26.2 Å². The lowest BCUT2D eigenvalue weighted by molar-refractivity contribution is -0.118. The van der Waals surface area contributed by atoms with Crippen molar-refractivity contribution in [1.82, 2.24) is 9.66 Å². The number of carbonyl (C=O) groups excluding carboxylic acids is 1. The number of halogens is 3. The summed E-state index contributed by atoms with van der Waals surface area (Å²) in [5.74, 6) is 0.573. The van der Waals surface area contributed by atoms with Crippen molar-refractivity contribution >= 4 is 67.8 Å². The lowest BCUT2D eigenvalue weighted by atomic mass is 10.1. The minimum atomic E-state index is -0.347. The molecule has 7 nitrogen and oxygen atoms in total. The summed E-state index contributed by atoms with van der Waals surface area (Å²) in [6, 6.07) is 17.1. The van der Waals surface area contributed by atoms with E-state index in [1.807, 2.05) is 19.9 Å². The number of hydrogen-bond acceptors (Lipinski definition) is 5. The van der Waals surface area contributed by atoms with Gasteiger partial charge in [-0.15, -0.1) is 0 Å². The van der Waals surface area contributed by atoms with Gasteiger partial charge in [-0.05, 0) is 67.1 Å². The second-order valence-corrected chi connectivity index (χ2v) is 10.1. The zero-order valence-electron chi connectivity index (χ0n) is 20.0. The van der Waals surface area contributed by atoms with E-state index < -0.39 is 0 Å². The molecule has 0 unspecified atom stereocenters. The number of fused-ring (bicyclic) bond motifs is 1. The highest BCUT2D eigenvalue weighted by Gasteiger charge is 2.16. The van der Waals surface area contributed by atoms with Crippen molar-refractivity contribution in [1.29, 1.82) is 0 Å². The molecule has 1 amide bonds. The highest BCUT2D eigenvalue weighted by molar-refractivity contribution is 9.10. The van der Waals surface area contributed by atoms with Crippen LogP contribution in [0.1, 0.15) is 37.6 Å². The molecule has 37 heavy (non-hydrogen) atoms. The predicted molar refractivity (Wildman–Crippen MR) is 152 cm³/mol. The van der Waals surface area contributed by atoms with Crippen LogP contribution in [0.25, 0.3) is 10.9 Å². The van der Waals surface area contributed by atoms with Crippen LogP contribution in [0.3, 0.4) is 0 Å². The van der Waals surface area contributed by atoms with Gasteiger partial charge in [0.2, 0.25) is 0 Å². The van der Waals surface area contributed by atoms with Crippen LogP contribution in [-0.4, -0.2) is 28.4 Å². The summed E-state index contributed by atoms with van der Waals surface area (Å²) < 4.78 is 7.83. The average Bonchev–Trinajstić information content (AvgIpc) is 2.88. The first kappa shape index (κ1) is 26.9. The van der Waals surface area contributed by atoms with E-state index in [9.17, 15) is 9.59 Å². The van der Waals surface area contributed by atoms with Gasteiger partial charge in [-0.1, -0.05) is 53.0 Å². The molecule has 1 N–H and O–H groups in total. The Hall–Kier alpha value is -3.20. The quantitative estimate of drug-likeness (QED) is 0.223. The molecule has 3 aromatic carbocycles. The standard InChI is InChI=1S/C27H23BrCl2N4O3/c1-3-16(2)26-33-23-10-4-18(28)13-22(23)27(36)34(26)31-14-17-12-20(30)7-11-24(17)37-15-25(35)32-21-8-5-19(29)6-9-21/h4-14,16H,3,15H2,1-2H3,(H,32,35)/t16-/m1/s1. The molecule has 0 fully saturated rings. The lowest BCUT2D eigenvalue weighted by Gasteiger charge is -2.14. The first-order valence-corrected chi connectivity index (χ1v) is 13.0. The van der Waals surface area contributed by atoms with Crippen LogP contribution in [0.2, 0.25) is 10.0 Å². The number of rotatable bonds is 8. The molecule has 0 aliphatic rings. The maximum absolute atomic E-state index is 13.4. The van der Waals surface area contributed by atoms with Gasteiger partial charge in [-0.3, -0.25) is 9.59 Å². The van der Waals surface area contributed by atoms with Gasteiger partial charge in [0.25, 0.3) is 11.5 Å². The second-order valence-electron chi connectivity index (χ2n) is 8.33. The van der Waals surface area contributed by atoms with E-state index in [1.54, 1.807) is 54.6 Å². The van der Waals surface area contributed by atoms with Crippen molar-refractivity contribution in [2.24, 2.45) is 5.10 Å². The molecule has 1 atom stereocenters. The topological polar surface area (TPSA) is 85.6 Å². The number of ether oxygens (including phenoxy) is 1. The molecule has 0 bridgehead atoms. The first-order chi connectivity index (χ1) is 17.7. The number of carbonyl (C=O) groups is 1. The van der Waals surface area contributed by atoms with E-state index >= 15 is 0 Å². The largest absolute Gasteiger partial charge is 0.483 e. The maximum atomic E-state index is 13.4. The molecule has 1 heterocycles. The maximum Gasteiger partial charge on any atom is 0.282 e. The Morgan fingerprint density at radius 2 is 1.86 bits per heavy atom. The molecule has 0 aliphatic carbocycles. The highest BCUT2D eigenvalue weighted by atomic mass is 79.9. The summed E-state index contributed by atoms with van der Waals surface area (Å²) in [6.07, 6.45) is 2.26. The number of nitrogens with zero attached hydrogens (tertiary/aromatic N) is 3. The van der Waals surface area contributed by atoms with Crippen LogP contribution < -0.4 is 15.6 Å². The van der Waals surface area contributed by atoms with E-state index in [0.717, 1.165) is 10.9 Å². The number of aromatic nitrogens is 2. The van der Waals surface area contributed by atoms with Gasteiger partial charge in [0, 0.05) is 31.7 Å². The van der Waals surface area contributed by atoms with E-state index in [2.05, 4.69) is 26.3 Å². The lowest BCUT2D eigenvalue weighted by Crippen LogP contribution is -2.24. The number of anilines is 1. The van der Waals surface area contributed by atoms with Gasteiger partial charge >= 0.3 is 0 Å². The Kier molecular flexibility index (Phi) is 8.63. The van der Waals surface area contributed by atoms with Crippen LogP contribution in [0.4, 0.5) is 5.69 Å². The fourth-order valence-corrected chi connectivity index (χ4v) is 4.19. The van der Waals surface area contributed by atoms with Crippen molar-refractivity contribution in [3.8, 4) is 5.75 Å². The molecule has 4 rings (SSSR count). The molecule has 0 radical (unpaired) electrons. The summed E-state index contributed by atoms with van der Waals surface area (Å²) in [6.45, 7) is 3.77. The van der Waals surface area contributed by atoms with Crippen LogP contribution in [0.15, 0.2) is 75.0 Å². The fraction of sp³-hybridized carbons (Fsp3) is 0.185. The summed E-state index contributed by atoms with van der Waals surface area (Å²) in [5, 5.41) is 8.69. The Morgan fingerprint density at radius 1 is 1.14 bits per heavy atom. The van der Waals surface area contributed by atoms with Crippen LogP contribution in [0.5, 0.6) is 5.75 Å². The van der Waals surface area contributed by atoms with Gasteiger partial charge in [0.15, 0.2) is 6.61 Å². The van der Waals surface area contributed by atoms with E-state index in [1.165, 1.54) is 10.9 Å². The number of amides is 1. The normalized spacial score (nSPS) is 12.1. The van der Waals surface area contributed by atoms with Crippen LogP contribution in [0, 0.1) is 0 Å². The van der Waals surface area contributed by atoms with Crippen molar-refractivity contribution in [3.63, 3.8) is 0 Å². The molecule has 1 aromatic heterocycles. The molecule has 0 spiro atoms. The molecule has 0 saturated carbocycles. The van der Waals surface area contributed by atoms with Gasteiger partial charge in [0.1, 0.15) is 11.6 Å². The van der Waals surface area contributed by atoms with Crippen LogP contribution >= 0.6 is 39.1 Å². The van der Waals surface area contributed by atoms with Gasteiger partial charge < -0.3 is 10.1 Å². The van der Waals surface area contributed by atoms with E-state index in [-0.39, 0.29) is 24.0 Å². The third-order valence-electron chi connectivity index (χ3n) is 5.66. The Labute approximate surface area is 232 Å². The van der Waals surface area contributed by atoms with Gasteiger partial charge in [-0.2, -0.15) is 9.78 Å².